The first-order valence-electron chi connectivity index (χ1n) is 7.38. The lowest BCUT2D eigenvalue weighted by atomic mass is 10.1. The van der Waals surface area contributed by atoms with Gasteiger partial charge >= 0.3 is 0 Å². The molecule has 3 nitrogen and oxygen atoms in total. The first kappa shape index (κ1) is 15.2. The molecular weight excluding hydrogens is 301 g/mol. The molecule has 1 saturated heterocycles. The number of thiophene rings is 1. The molecule has 1 aliphatic heterocycles. The Morgan fingerprint density at radius 3 is 2.82 bits per heavy atom. The van der Waals surface area contributed by atoms with E-state index in [0.29, 0.717) is 11.4 Å². The first-order chi connectivity index (χ1) is 10.6. The van der Waals surface area contributed by atoms with E-state index in [-0.39, 0.29) is 24.4 Å². The highest BCUT2D eigenvalue weighted by Crippen LogP contribution is 2.34. The molecule has 0 bridgehead atoms. The van der Waals surface area contributed by atoms with Gasteiger partial charge in [-0.25, -0.2) is 4.39 Å². The van der Waals surface area contributed by atoms with E-state index in [2.05, 4.69) is 0 Å². The Morgan fingerprint density at radius 1 is 1.41 bits per heavy atom. The predicted molar refractivity (Wildman–Crippen MR) is 85.6 cm³/mol. The Morgan fingerprint density at radius 2 is 2.14 bits per heavy atom. The van der Waals surface area contributed by atoms with Crippen molar-refractivity contribution >= 4 is 17.2 Å². The van der Waals surface area contributed by atoms with Gasteiger partial charge in [0.15, 0.2) is 0 Å². The third-order valence-corrected chi connectivity index (χ3v) is 5.36. The van der Waals surface area contributed by atoms with Gasteiger partial charge < -0.3 is 10.0 Å². The molecule has 0 radical (unpaired) electrons. The van der Waals surface area contributed by atoms with Crippen molar-refractivity contribution in [2.24, 2.45) is 0 Å². The number of halogens is 1. The molecule has 1 atom stereocenters. The summed E-state index contributed by atoms with van der Waals surface area (Å²) in [6.07, 6.45) is 1.80. The van der Waals surface area contributed by atoms with Gasteiger partial charge in [-0.05, 0) is 49.1 Å². The summed E-state index contributed by atoms with van der Waals surface area (Å²) in [6, 6.07) is 8.14. The second kappa shape index (κ2) is 6.18. The molecule has 1 aromatic heterocycles. The minimum atomic E-state index is -0.267. The van der Waals surface area contributed by atoms with Crippen LogP contribution in [0.5, 0.6) is 0 Å². The van der Waals surface area contributed by atoms with Crippen molar-refractivity contribution in [3.63, 3.8) is 0 Å². The van der Waals surface area contributed by atoms with Gasteiger partial charge in [0.2, 0.25) is 0 Å². The van der Waals surface area contributed by atoms with E-state index in [4.69, 9.17) is 0 Å². The number of hydrogen-bond acceptors (Lipinski definition) is 3. The summed E-state index contributed by atoms with van der Waals surface area (Å²) in [4.78, 5) is 16.1. The molecule has 3 rings (SSSR count). The normalized spacial score (nSPS) is 18.0. The van der Waals surface area contributed by atoms with E-state index >= 15 is 0 Å². The average molecular weight is 319 g/mol. The van der Waals surface area contributed by atoms with Gasteiger partial charge in [0.1, 0.15) is 5.82 Å². The number of likely N-dealkylation sites (tertiary alicyclic amines) is 1. The molecule has 1 aromatic carbocycles. The zero-order chi connectivity index (χ0) is 15.7. The number of carbonyl (C=O) groups excluding carboxylic acids is 1. The molecule has 1 aliphatic rings. The van der Waals surface area contributed by atoms with Crippen molar-refractivity contribution in [1.82, 2.24) is 4.90 Å². The van der Waals surface area contributed by atoms with Crippen LogP contribution in [0.2, 0.25) is 0 Å². The van der Waals surface area contributed by atoms with Gasteiger partial charge in [-0.15, -0.1) is 11.3 Å². The van der Waals surface area contributed by atoms with Gasteiger partial charge in [0.05, 0.1) is 17.5 Å². The molecule has 0 unspecified atom stereocenters. The van der Waals surface area contributed by atoms with Crippen LogP contribution in [0, 0.1) is 12.7 Å². The fraction of sp³-hybridized carbons (Fsp3) is 0.353. The number of benzene rings is 1. The smallest absolute Gasteiger partial charge is 0.264 e. The summed E-state index contributed by atoms with van der Waals surface area (Å²) in [5, 5.41) is 9.37. The predicted octanol–water partition coefficient (Wildman–Crippen LogP) is 3.46. The van der Waals surface area contributed by atoms with Crippen LogP contribution in [-0.4, -0.2) is 35.1 Å². The Hall–Kier alpha value is -1.72. The van der Waals surface area contributed by atoms with Gasteiger partial charge in [0.25, 0.3) is 5.91 Å². The van der Waals surface area contributed by atoms with Crippen molar-refractivity contribution in [3.8, 4) is 10.4 Å². The number of rotatable bonds is 3. The molecule has 0 spiro atoms. The number of aliphatic hydroxyl groups excluding tert-OH is 1. The van der Waals surface area contributed by atoms with Crippen LogP contribution in [-0.2, 0) is 0 Å². The molecule has 2 heterocycles. The van der Waals surface area contributed by atoms with Crippen molar-refractivity contribution in [3.05, 3.63) is 46.6 Å². The quantitative estimate of drug-likeness (QED) is 0.941. The fourth-order valence-corrected chi connectivity index (χ4v) is 4.04. The van der Waals surface area contributed by atoms with Gasteiger partial charge in [-0.1, -0.05) is 12.1 Å². The second-order valence-electron chi connectivity index (χ2n) is 5.61. The molecule has 5 heteroatoms. The van der Waals surface area contributed by atoms with Crippen LogP contribution in [0.1, 0.15) is 28.1 Å². The maximum atomic E-state index is 13.0. The lowest BCUT2D eigenvalue weighted by molar-refractivity contribution is 0.0682. The Labute approximate surface area is 133 Å². The van der Waals surface area contributed by atoms with Crippen molar-refractivity contribution < 1.29 is 14.3 Å². The highest BCUT2D eigenvalue weighted by molar-refractivity contribution is 7.17. The molecule has 1 fully saturated rings. The third kappa shape index (κ3) is 2.78. The largest absolute Gasteiger partial charge is 0.394 e. The summed E-state index contributed by atoms with van der Waals surface area (Å²) < 4.78 is 13.0. The van der Waals surface area contributed by atoms with Crippen LogP contribution in [0.4, 0.5) is 4.39 Å². The van der Waals surface area contributed by atoms with E-state index in [1.807, 2.05) is 13.0 Å². The SMILES string of the molecule is Cc1cc(C(=O)N2CCC[C@@H]2CO)sc1-c1ccc(F)cc1. The second-order valence-corrected chi connectivity index (χ2v) is 6.66. The number of aryl methyl sites for hydroxylation is 1. The third-order valence-electron chi connectivity index (χ3n) is 4.08. The van der Waals surface area contributed by atoms with Crippen molar-refractivity contribution in [2.45, 2.75) is 25.8 Å². The van der Waals surface area contributed by atoms with E-state index in [1.54, 1.807) is 17.0 Å². The van der Waals surface area contributed by atoms with Crippen molar-refractivity contribution in [2.75, 3.05) is 13.2 Å². The first-order valence-corrected chi connectivity index (χ1v) is 8.20. The van der Waals surface area contributed by atoms with Gasteiger partial charge in [-0.2, -0.15) is 0 Å². The lowest BCUT2D eigenvalue weighted by Crippen LogP contribution is -2.37. The summed E-state index contributed by atoms with van der Waals surface area (Å²) >= 11 is 1.43. The average Bonchev–Trinajstić information content (AvgIpc) is 3.14. The van der Waals surface area contributed by atoms with Crippen molar-refractivity contribution in [1.29, 1.82) is 0 Å². The summed E-state index contributed by atoms with van der Waals surface area (Å²) in [6.45, 7) is 2.67. The number of nitrogens with zero attached hydrogens (tertiary/aromatic N) is 1. The lowest BCUT2D eigenvalue weighted by Gasteiger charge is -2.22. The van der Waals surface area contributed by atoms with E-state index in [9.17, 15) is 14.3 Å². The molecule has 0 saturated carbocycles. The fourth-order valence-electron chi connectivity index (χ4n) is 2.91. The van der Waals surface area contributed by atoms with E-state index < -0.39 is 0 Å². The Bertz CT molecular complexity index is 680. The van der Waals surface area contributed by atoms with Crippen LogP contribution >= 0.6 is 11.3 Å². The summed E-state index contributed by atoms with van der Waals surface area (Å²) in [5.74, 6) is -0.282. The minimum Gasteiger partial charge on any atom is -0.394 e. The molecule has 2 aromatic rings. The summed E-state index contributed by atoms with van der Waals surface area (Å²) in [5.41, 5.74) is 1.93. The topological polar surface area (TPSA) is 40.5 Å². The van der Waals surface area contributed by atoms with Gasteiger partial charge in [0, 0.05) is 11.4 Å². The molecule has 116 valence electrons. The Balaban J connectivity index is 1.88. The standard InChI is InChI=1S/C17H18FNO2S/c1-11-9-15(17(21)19-8-2-3-14(19)10-20)22-16(11)12-4-6-13(18)7-5-12/h4-7,9,14,20H,2-3,8,10H2,1H3/t14-/m1/s1. The van der Waals surface area contributed by atoms with Crippen LogP contribution in [0.3, 0.4) is 0 Å². The highest BCUT2D eigenvalue weighted by Gasteiger charge is 2.30. The van der Waals surface area contributed by atoms with E-state index in [1.165, 1.54) is 23.5 Å². The highest BCUT2D eigenvalue weighted by atomic mass is 32.1. The van der Waals surface area contributed by atoms with Gasteiger partial charge in [-0.3, -0.25) is 4.79 Å². The number of carbonyl (C=O) groups is 1. The maximum Gasteiger partial charge on any atom is 0.264 e. The van der Waals surface area contributed by atoms with Crippen LogP contribution in [0.25, 0.3) is 10.4 Å². The number of amides is 1. The number of hydrogen-bond donors (Lipinski definition) is 1. The molecule has 1 N–H and O–H groups in total. The zero-order valence-electron chi connectivity index (χ0n) is 12.4. The summed E-state index contributed by atoms with van der Waals surface area (Å²) in [7, 11) is 0. The monoisotopic (exact) mass is 319 g/mol. The zero-order valence-corrected chi connectivity index (χ0v) is 13.2. The molecule has 0 aliphatic carbocycles. The molecule has 22 heavy (non-hydrogen) atoms. The molecular formula is C17H18FNO2S. The van der Waals surface area contributed by atoms with Crippen LogP contribution < -0.4 is 0 Å². The van der Waals surface area contributed by atoms with E-state index in [0.717, 1.165) is 28.8 Å². The minimum absolute atomic E-state index is 0.0148. The maximum absolute atomic E-state index is 13.0. The number of aliphatic hydroxyl groups is 1. The molecule has 1 amide bonds. The Kier molecular flexibility index (Phi) is 4.27. The van der Waals surface area contributed by atoms with Crippen LogP contribution in [0.15, 0.2) is 30.3 Å².